The molecule has 0 nitrogen and oxygen atoms in total. The topological polar surface area (TPSA) is 0 Å². The van der Waals surface area contributed by atoms with E-state index in [-0.39, 0.29) is 0 Å². The van der Waals surface area contributed by atoms with Gasteiger partial charge in [-0.1, -0.05) is 147 Å². The van der Waals surface area contributed by atoms with Crippen molar-refractivity contribution in [2.24, 2.45) is 0 Å². The second-order valence-electron chi connectivity index (χ2n) is 7.95. The van der Waals surface area contributed by atoms with Gasteiger partial charge in [-0.05, 0) is 37.1 Å². The largest absolute Gasteiger partial charge is 0.0801 e. The lowest BCUT2D eigenvalue weighted by molar-refractivity contribution is 1.17. The molecule has 32 heavy (non-hydrogen) atoms. The van der Waals surface area contributed by atoms with Gasteiger partial charge in [-0.15, -0.1) is 0 Å². The number of rotatable bonds is 8. The third-order valence-electron chi connectivity index (χ3n) is 5.62. The molecular weight excluding hydrogens is 422 g/mol. The molecule has 4 rings (SSSR count). The fourth-order valence-electron chi connectivity index (χ4n) is 4.09. The molecule has 0 spiro atoms. The van der Waals surface area contributed by atoms with Crippen LogP contribution in [0, 0.1) is 0 Å². The highest BCUT2D eigenvalue weighted by atomic mass is 31.1. The highest BCUT2D eigenvalue weighted by Gasteiger charge is 2.21. The molecule has 0 aliphatic rings. The minimum atomic E-state index is -0.450. The second-order valence-corrected chi connectivity index (χ2v) is 13.1. The Labute approximate surface area is 195 Å². The zero-order chi connectivity index (χ0) is 22.2. The molecular formula is C30H30P2. The van der Waals surface area contributed by atoms with E-state index in [4.69, 9.17) is 0 Å². The highest BCUT2D eigenvalue weighted by Crippen LogP contribution is 2.43. The molecule has 0 amide bonds. The number of allylic oxidation sites excluding steroid dienone is 2. The van der Waals surface area contributed by atoms with Gasteiger partial charge in [0.1, 0.15) is 0 Å². The van der Waals surface area contributed by atoms with E-state index >= 15 is 0 Å². The SMILES string of the molecule is C[C@H](/C=C\[C@@H](C)P(c1ccccc1)c1ccccc1)P(c1ccccc1)c1ccccc1. The van der Waals surface area contributed by atoms with Crippen LogP contribution >= 0.6 is 15.8 Å². The summed E-state index contributed by atoms with van der Waals surface area (Å²) >= 11 is 0. The van der Waals surface area contributed by atoms with Gasteiger partial charge in [0.25, 0.3) is 0 Å². The first-order valence-corrected chi connectivity index (χ1v) is 14.0. The van der Waals surface area contributed by atoms with Crippen LogP contribution in [0.4, 0.5) is 0 Å². The van der Waals surface area contributed by atoms with E-state index in [9.17, 15) is 0 Å². The fourth-order valence-corrected chi connectivity index (χ4v) is 9.08. The predicted molar refractivity (Wildman–Crippen MR) is 146 cm³/mol. The predicted octanol–water partition coefficient (Wildman–Crippen LogP) is 6.59. The molecule has 4 aromatic carbocycles. The van der Waals surface area contributed by atoms with Crippen molar-refractivity contribution in [1.82, 2.24) is 0 Å². The van der Waals surface area contributed by atoms with Crippen molar-refractivity contribution in [2.75, 3.05) is 0 Å². The minimum absolute atomic E-state index is 0.450. The maximum atomic E-state index is 2.47. The van der Waals surface area contributed by atoms with E-state index in [1.54, 1.807) is 0 Å². The summed E-state index contributed by atoms with van der Waals surface area (Å²) in [4.78, 5) is 0. The summed E-state index contributed by atoms with van der Waals surface area (Å²) in [5, 5.41) is 5.75. The van der Waals surface area contributed by atoms with Gasteiger partial charge in [-0.2, -0.15) is 0 Å². The fraction of sp³-hybridized carbons (Fsp3) is 0.133. The van der Waals surface area contributed by atoms with Crippen LogP contribution < -0.4 is 21.2 Å². The van der Waals surface area contributed by atoms with Crippen molar-refractivity contribution >= 4 is 37.1 Å². The summed E-state index contributed by atoms with van der Waals surface area (Å²) < 4.78 is 0. The lowest BCUT2D eigenvalue weighted by Crippen LogP contribution is -2.20. The van der Waals surface area contributed by atoms with Crippen molar-refractivity contribution in [3.05, 3.63) is 133 Å². The van der Waals surface area contributed by atoms with Crippen molar-refractivity contribution in [2.45, 2.75) is 25.2 Å². The van der Waals surface area contributed by atoms with Crippen LogP contribution in [0.2, 0.25) is 0 Å². The molecule has 0 fully saturated rings. The monoisotopic (exact) mass is 452 g/mol. The summed E-state index contributed by atoms with van der Waals surface area (Å²) in [5.74, 6) is 0. The third-order valence-corrected chi connectivity index (χ3v) is 11.0. The third kappa shape index (κ3) is 5.63. The Hall–Kier alpha value is -2.52. The second kappa shape index (κ2) is 11.4. The quantitative estimate of drug-likeness (QED) is 0.209. The van der Waals surface area contributed by atoms with Crippen molar-refractivity contribution < 1.29 is 0 Å². The van der Waals surface area contributed by atoms with Gasteiger partial charge in [-0.25, -0.2) is 0 Å². The Bertz CT molecular complexity index is 923. The Morgan fingerprint density at radius 3 is 0.844 bits per heavy atom. The summed E-state index contributed by atoms with van der Waals surface area (Å²) in [5.41, 5.74) is 0.918. The highest BCUT2D eigenvalue weighted by molar-refractivity contribution is 7.74. The first-order chi connectivity index (χ1) is 15.7. The van der Waals surface area contributed by atoms with E-state index in [1.807, 2.05) is 0 Å². The lowest BCUT2D eigenvalue weighted by atomic mass is 10.3. The zero-order valence-corrected chi connectivity index (χ0v) is 20.5. The molecule has 160 valence electrons. The van der Waals surface area contributed by atoms with Crippen molar-refractivity contribution in [1.29, 1.82) is 0 Å². The zero-order valence-electron chi connectivity index (χ0n) is 18.8. The van der Waals surface area contributed by atoms with Gasteiger partial charge in [0.05, 0.1) is 0 Å². The molecule has 0 aromatic heterocycles. The minimum Gasteiger partial charge on any atom is -0.0801 e. The summed E-state index contributed by atoms with van der Waals surface area (Å²) in [6, 6.07) is 44.0. The molecule has 0 N–H and O–H groups in total. The average Bonchev–Trinajstić information content (AvgIpc) is 2.86. The molecule has 2 heteroatoms. The molecule has 0 saturated carbocycles. The van der Waals surface area contributed by atoms with Crippen LogP contribution in [0.3, 0.4) is 0 Å². The normalized spacial score (nSPS) is 13.5. The smallest absolute Gasteiger partial charge is 0.00225 e. The van der Waals surface area contributed by atoms with Gasteiger partial charge in [-0.3, -0.25) is 0 Å². The first kappa shape index (κ1) is 22.7. The van der Waals surface area contributed by atoms with Crippen LogP contribution in [0.15, 0.2) is 133 Å². The van der Waals surface area contributed by atoms with Crippen molar-refractivity contribution in [3.63, 3.8) is 0 Å². The summed E-state index contributed by atoms with van der Waals surface area (Å²) in [7, 11) is -0.900. The van der Waals surface area contributed by atoms with Crippen LogP contribution in [-0.4, -0.2) is 11.3 Å². The number of hydrogen-bond donors (Lipinski definition) is 0. The number of benzene rings is 4. The molecule has 0 bridgehead atoms. The van der Waals surface area contributed by atoms with Gasteiger partial charge >= 0.3 is 0 Å². The molecule has 0 aliphatic carbocycles. The van der Waals surface area contributed by atoms with Crippen LogP contribution in [0.1, 0.15) is 13.8 Å². The van der Waals surface area contributed by atoms with Gasteiger partial charge in [0.15, 0.2) is 0 Å². The lowest BCUT2D eigenvalue weighted by Gasteiger charge is -2.26. The van der Waals surface area contributed by atoms with E-state index in [1.165, 1.54) is 21.2 Å². The first-order valence-electron chi connectivity index (χ1n) is 11.2. The number of hydrogen-bond acceptors (Lipinski definition) is 0. The molecule has 2 atom stereocenters. The van der Waals surface area contributed by atoms with Crippen LogP contribution in [0.25, 0.3) is 0 Å². The molecule has 0 radical (unpaired) electrons. The Balaban J connectivity index is 1.63. The van der Waals surface area contributed by atoms with Gasteiger partial charge in [0, 0.05) is 11.3 Å². The summed E-state index contributed by atoms with van der Waals surface area (Å²) in [6.07, 6.45) is 4.94. The van der Waals surface area contributed by atoms with E-state index in [2.05, 4.69) is 147 Å². The Kier molecular flexibility index (Phi) is 8.06. The molecule has 0 aliphatic heterocycles. The maximum absolute atomic E-state index is 2.47. The van der Waals surface area contributed by atoms with E-state index in [0.29, 0.717) is 11.3 Å². The van der Waals surface area contributed by atoms with Crippen molar-refractivity contribution in [3.8, 4) is 0 Å². The Morgan fingerprint density at radius 1 is 0.406 bits per heavy atom. The summed E-state index contributed by atoms with van der Waals surface area (Å²) in [6.45, 7) is 4.75. The molecule has 0 unspecified atom stereocenters. The maximum Gasteiger partial charge on any atom is 0.00225 e. The van der Waals surface area contributed by atoms with Crippen LogP contribution in [0.5, 0.6) is 0 Å². The molecule has 4 aromatic rings. The average molecular weight is 453 g/mol. The molecule has 0 saturated heterocycles. The van der Waals surface area contributed by atoms with E-state index < -0.39 is 15.8 Å². The standard InChI is InChI=1S/C30H30P2/c1-25(31(27-15-7-3-8-16-27)28-17-9-4-10-18-28)23-24-26(2)32(29-19-11-5-12-20-29)30-21-13-6-14-22-30/h3-26H,1-2H3/b24-23-/t25-,26-/m1/s1. The Morgan fingerprint density at radius 2 is 0.625 bits per heavy atom. The molecule has 0 heterocycles. The van der Waals surface area contributed by atoms with E-state index in [0.717, 1.165) is 0 Å². The van der Waals surface area contributed by atoms with Gasteiger partial charge < -0.3 is 0 Å². The van der Waals surface area contributed by atoms with Gasteiger partial charge in [0.2, 0.25) is 0 Å². The van der Waals surface area contributed by atoms with Crippen LogP contribution in [-0.2, 0) is 0 Å².